The van der Waals surface area contributed by atoms with Crippen LogP contribution in [0.3, 0.4) is 0 Å². The van der Waals surface area contributed by atoms with E-state index in [2.05, 4.69) is 21.2 Å². The summed E-state index contributed by atoms with van der Waals surface area (Å²) in [5, 5.41) is 3.27. The summed E-state index contributed by atoms with van der Waals surface area (Å²) in [5.74, 6) is -1.11. The Kier molecular flexibility index (Phi) is 4.71. The van der Waals surface area contributed by atoms with Crippen LogP contribution in [-0.2, 0) is 0 Å². The molecule has 0 saturated heterocycles. The number of halogens is 3. The van der Waals surface area contributed by atoms with E-state index in [1.807, 2.05) is 19.9 Å². The van der Waals surface area contributed by atoms with Gasteiger partial charge in [0.1, 0.15) is 11.6 Å². The van der Waals surface area contributed by atoms with Crippen molar-refractivity contribution in [2.45, 2.75) is 19.9 Å². The van der Waals surface area contributed by atoms with Crippen LogP contribution in [0.4, 0.5) is 8.78 Å². The Labute approximate surface area is 123 Å². The highest BCUT2D eigenvalue weighted by Gasteiger charge is 2.19. The molecule has 1 unspecified atom stereocenters. The van der Waals surface area contributed by atoms with Gasteiger partial charge in [-0.3, -0.25) is 0 Å². The van der Waals surface area contributed by atoms with Crippen molar-refractivity contribution in [2.24, 2.45) is 0 Å². The lowest BCUT2D eigenvalue weighted by Crippen LogP contribution is -2.21. The Morgan fingerprint density at radius 3 is 2.32 bits per heavy atom. The number of hydrogen-bond donors (Lipinski definition) is 1. The second-order valence-corrected chi connectivity index (χ2v) is 6.40. The van der Waals surface area contributed by atoms with Gasteiger partial charge in [0.15, 0.2) is 0 Å². The minimum Gasteiger partial charge on any atom is -0.306 e. The Hall–Kier alpha value is -0.780. The Bertz CT molecular complexity index is 563. The Morgan fingerprint density at radius 2 is 1.84 bits per heavy atom. The molecule has 0 saturated carbocycles. The molecule has 5 heteroatoms. The molecule has 0 aliphatic carbocycles. The molecule has 1 N–H and O–H groups in total. The van der Waals surface area contributed by atoms with Crippen LogP contribution in [0.1, 0.15) is 28.3 Å². The van der Waals surface area contributed by atoms with Gasteiger partial charge in [-0.15, -0.1) is 11.3 Å². The monoisotopic (exact) mass is 345 g/mol. The molecule has 1 aromatic heterocycles. The van der Waals surface area contributed by atoms with E-state index >= 15 is 0 Å². The second kappa shape index (κ2) is 6.11. The van der Waals surface area contributed by atoms with E-state index in [9.17, 15) is 8.78 Å². The first-order valence-electron chi connectivity index (χ1n) is 5.96. The molecule has 1 nitrogen and oxygen atoms in total. The van der Waals surface area contributed by atoms with Crippen molar-refractivity contribution in [3.05, 3.63) is 55.7 Å². The summed E-state index contributed by atoms with van der Waals surface area (Å²) in [6.45, 7) is 4.69. The van der Waals surface area contributed by atoms with Gasteiger partial charge >= 0.3 is 0 Å². The van der Waals surface area contributed by atoms with Crippen molar-refractivity contribution in [3.8, 4) is 0 Å². The highest BCUT2D eigenvalue weighted by Crippen LogP contribution is 2.35. The molecule has 2 rings (SSSR count). The van der Waals surface area contributed by atoms with Crippen LogP contribution in [0.2, 0.25) is 0 Å². The topological polar surface area (TPSA) is 12.0 Å². The minimum absolute atomic E-state index is 0.205. The van der Waals surface area contributed by atoms with Crippen molar-refractivity contribution in [1.29, 1.82) is 0 Å². The summed E-state index contributed by atoms with van der Waals surface area (Å²) < 4.78 is 27.7. The lowest BCUT2D eigenvalue weighted by atomic mass is 10.0. The molecule has 1 heterocycles. The zero-order valence-corrected chi connectivity index (χ0v) is 13.0. The van der Waals surface area contributed by atoms with Crippen molar-refractivity contribution in [3.63, 3.8) is 0 Å². The quantitative estimate of drug-likeness (QED) is 0.839. The second-order valence-electron chi connectivity index (χ2n) is 4.26. The molecule has 19 heavy (non-hydrogen) atoms. The van der Waals surface area contributed by atoms with E-state index in [1.165, 1.54) is 12.1 Å². The van der Waals surface area contributed by atoms with Crippen LogP contribution in [0.15, 0.2) is 28.7 Å². The number of nitrogens with one attached hydrogen (secondary N) is 1. The summed E-state index contributed by atoms with van der Waals surface area (Å²) in [7, 11) is 0. The molecular formula is C14H14BrF2NS. The number of benzene rings is 1. The van der Waals surface area contributed by atoms with Gasteiger partial charge in [0.25, 0.3) is 0 Å². The fourth-order valence-corrected chi connectivity index (χ4v) is 3.99. The molecular weight excluding hydrogens is 332 g/mol. The Morgan fingerprint density at radius 1 is 1.21 bits per heavy atom. The van der Waals surface area contributed by atoms with Crippen LogP contribution in [0.25, 0.3) is 0 Å². The van der Waals surface area contributed by atoms with Gasteiger partial charge in [-0.05, 0) is 53.2 Å². The Balaban J connectivity index is 2.47. The van der Waals surface area contributed by atoms with E-state index in [4.69, 9.17) is 0 Å². The maximum Gasteiger partial charge on any atom is 0.126 e. The molecule has 0 aliphatic rings. The molecule has 0 bridgehead atoms. The van der Waals surface area contributed by atoms with Crippen molar-refractivity contribution in [1.82, 2.24) is 5.32 Å². The summed E-state index contributed by atoms with van der Waals surface area (Å²) in [4.78, 5) is 2.19. The van der Waals surface area contributed by atoms with Gasteiger partial charge in [-0.25, -0.2) is 8.78 Å². The summed E-state index contributed by atoms with van der Waals surface area (Å²) in [6, 6.07) is 5.44. The average molecular weight is 346 g/mol. The predicted molar refractivity (Wildman–Crippen MR) is 78.6 cm³/mol. The number of thiophene rings is 1. The fourth-order valence-electron chi connectivity index (χ4n) is 2.01. The van der Waals surface area contributed by atoms with E-state index in [0.717, 1.165) is 20.3 Å². The van der Waals surface area contributed by atoms with Gasteiger partial charge in [0, 0.05) is 20.3 Å². The molecule has 0 fully saturated rings. The molecule has 0 radical (unpaired) electrons. The normalized spacial score (nSPS) is 12.7. The summed E-state index contributed by atoms with van der Waals surface area (Å²) >= 11 is 5.12. The number of hydrogen-bond acceptors (Lipinski definition) is 2. The first kappa shape index (κ1) is 14.6. The van der Waals surface area contributed by atoms with Gasteiger partial charge in [0.05, 0.1) is 6.04 Å². The molecule has 0 aliphatic heterocycles. The smallest absolute Gasteiger partial charge is 0.126 e. The lowest BCUT2D eigenvalue weighted by molar-refractivity contribution is 0.567. The molecule has 1 aromatic carbocycles. The SMILES string of the molecule is CCNC(c1cc(F)cc(F)c1)c1sc(C)cc1Br. The standard InChI is InChI=1S/C14H14BrF2NS/c1-3-18-13(14-12(15)4-8(2)19-14)9-5-10(16)7-11(17)6-9/h4-7,13,18H,3H2,1-2H3. The van der Waals surface area contributed by atoms with Gasteiger partial charge < -0.3 is 5.32 Å². The van der Waals surface area contributed by atoms with Crippen molar-refractivity contribution in [2.75, 3.05) is 6.54 Å². The van der Waals surface area contributed by atoms with E-state index < -0.39 is 11.6 Å². The lowest BCUT2D eigenvalue weighted by Gasteiger charge is -2.18. The van der Waals surface area contributed by atoms with Gasteiger partial charge in [0.2, 0.25) is 0 Å². The summed E-state index contributed by atoms with van der Waals surface area (Å²) in [6.07, 6.45) is 0. The van der Waals surface area contributed by atoms with Crippen LogP contribution in [0, 0.1) is 18.6 Å². The van der Waals surface area contributed by atoms with Gasteiger partial charge in [-0.1, -0.05) is 6.92 Å². The highest BCUT2D eigenvalue weighted by atomic mass is 79.9. The third-order valence-corrected chi connectivity index (χ3v) is 4.76. The zero-order chi connectivity index (χ0) is 14.0. The van der Waals surface area contributed by atoms with Crippen LogP contribution >= 0.6 is 27.3 Å². The average Bonchev–Trinajstić information content (AvgIpc) is 2.64. The van der Waals surface area contributed by atoms with Crippen molar-refractivity contribution < 1.29 is 8.78 Å². The minimum atomic E-state index is -0.553. The maximum absolute atomic E-state index is 13.4. The highest BCUT2D eigenvalue weighted by molar-refractivity contribution is 9.10. The van der Waals surface area contributed by atoms with Crippen molar-refractivity contribution >= 4 is 27.3 Å². The molecule has 0 spiro atoms. The molecule has 102 valence electrons. The first-order chi connectivity index (χ1) is 9.01. The third kappa shape index (κ3) is 3.41. The fraction of sp³-hybridized carbons (Fsp3) is 0.286. The van der Waals surface area contributed by atoms with Crippen LogP contribution in [-0.4, -0.2) is 6.54 Å². The van der Waals surface area contributed by atoms with E-state index in [-0.39, 0.29) is 6.04 Å². The maximum atomic E-state index is 13.4. The zero-order valence-electron chi connectivity index (χ0n) is 10.6. The number of rotatable bonds is 4. The molecule has 2 aromatic rings. The molecule has 0 amide bonds. The van der Waals surface area contributed by atoms with Crippen LogP contribution < -0.4 is 5.32 Å². The summed E-state index contributed by atoms with van der Waals surface area (Å²) in [5.41, 5.74) is 0.599. The largest absolute Gasteiger partial charge is 0.306 e. The predicted octanol–water partition coefficient (Wildman–Crippen LogP) is 4.80. The van der Waals surface area contributed by atoms with E-state index in [1.54, 1.807) is 11.3 Å². The first-order valence-corrected chi connectivity index (χ1v) is 7.57. The third-order valence-electron chi connectivity index (χ3n) is 2.72. The van der Waals surface area contributed by atoms with E-state index in [0.29, 0.717) is 12.1 Å². The molecule has 1 atom stereocenters. The van der Waals surface area contributed by atoms with Crippen LogP contribution in [0.5, 0.6) is 0 Å². The number of aryl methyl sites for hydroxylation is 1. The van der Waals surface area contributed by atoms with Gasteiger partial charge in [-0.2, -0.15) is 0 Å².